The second-order valence-electron chi connectivity index (χ2n) is 16.5. The third-order valence-corrected chi connectivity index (χ3v) is 12.8. The van der Waals surface area contributed by atoms with Crippen LogP contribution < -0.4 is 4.90 Å². The summed E-state index contributed by atoms with van der Waals surface area (Å²) < 4.78 is 8.69. The van der Waals surface area contributed by atoms with Gasteiger partial charge in [-0.15, -0.1) is 0 Å². The van der Waals surface area contributed by atoms with E-state index in [9.17, 15) is 0 Å². The Balaban J connectivity index is 0.963. The number of benzene rings is 9. The van der Waals surface area contributed by atoms with Crippen molar-refractivity contribution in [3.8, 4) is 39.1 Å². The molecule has 284 valence electrons. The number of furan rings is 1. The van der Waals surface area contributed by atoms with E-state index in [1.807, 2.05) is 12.1 Å². The first kappa shape index (κ1) is 34.4. The van der Waals surface area contributed by atoms with E-state index in [1.165, 1.54) is 66.4 Å². The van der Waals surface area contributed by atoms with Crippen molar-refractivity contribution in [3.05, 3.63) is 217 Å². The Morgan fingerprint density at radius 1 is 0.383 bits per heavy atom. The minimum absolute atomic E-state index is 0.118. The second kappa shape index (κ2) is 13.2. The molecule has 0 bridgehead atoms. The van der Waals surface area contributed by atoms with Gasteiger partial charge < -0.3 is 13.9 Å². The van der Waals surface area contributed by atoms with Crippen molar-refractivity contribution in [2.24, 2.45) is 0 Å². The Labute approximate surface area is 349 Å². The molecule has 0 amide bonds. The summed E-state index contributed by atoms with van der Waals surface area (Å²) >= 11 is 0. The molecule has 3 heteroatoms. The average Bonchev–Trinajstić information content (AvgIpc) is 3.92. The lowest BCUT2D eigenvalue weighted by Crippen LogP contribution is -2.16. The lowest BCUT2D eigenvalue weighted by Gasteiger charge is -2.28. The first-order valence-corrected chi connectivity index (χ1v) is 20.8. The molecule has 1 aliphatic carbocycles. The molecule has 0 radical (unpaired) electrons. The maximum atomic E-state index is 6.27. The number of anilines is 3. The van der Waals surface area contributed by atoms with Crippen LogP contribution in [0.4, 0.5) is 17.1 Å². The molecule has 9 aromatic carbocycles. The molecular formula is C57H40N2O. The van der Waals surface area contributed by atoms with E-state index in [-0.39, 0.29) is 5.41 Å². The molecule has 0 saturated heterocycles. The minimum Gasteiger partial charge on any atom is -0.456 e. The molecule has 0 aliphatic heterocycles. The van der Waals surface area contributed by atoms with Gasteiger partial charge in [0.05, 0.1) is 16.7 Å². The molecule has 0 N–H and O–H groups in total. The summed E-state index contributed by atoms with van der Waals surface area (Å²) in [6.07, 6.45) is 0. The monoisotopic (exact) mass is 768 g/mol. The fourth-order valence-corrected chi connectivity index (χ4v) is 9.90. The quantitative estimate of drug-likeness (QED) is 0.168. The zero-order valence-electron chi connectivity index (χ0n) is 33.4. The van der Waals surface area contributed by atoms with E-state index < -0.39 is 0 Å². The summed E-state index contributed by atoms with van der Waals surface area (Å²) in [5, 5.41) is 4.75. The van der Waals surface area contributed by atoms with Crippen LogP contribution in [0.2, 0.25) is 0 Å². The van der Waals surface area contributed by atoms with Crippen LogP contribution in [-0.4, -0.2) is 4.57 Å². The summed E-state index contributed by atoms with van der Waals surface area (Å²) in [4.78, 5) is 2.39. The molecular weight excluding hydrogens is 729 g/mol. The third kappa shape index (κ3) is 5.22. The zero-order valence-corrected chi connectivity index (χ0v) is 33.4. The molecule has 11 aromatic rings. The smallest absolute Gasteiger partial charge is 0.135 e. The Morgan fingerprint density at radius 2 is 0.967 bits per heavy atom. The summed E-state index contributed by atoms with van der Waals surface area (Å²) in [5.41, 5.74) is 18.6. The Hall–Kier alpha value is -7.62. The van der Waals surface area contributed by atoms with E-state index in [0.717, 1.165) is 44.6 Å². The van der Waals surface area contributed by atoms with Crippen LogP contribution >= 0.6 is 0 Å². The average molecular weight is 769 g/mol. The molecule has 2 aromatic heterocycles. The van der Waals surface area contributed by atoms with Gasteiger partial charge in [-0.1, -0.05) is 147 Å². The van der Waals surface area contributed by atoms with E-state index in [1.54, 1.807) is 0 Å². The Bertz CT molecular complexity index is 3420. The second-order valence-corrected chi connectivity index (χ2v) is 16.5. The molecule has 0 atom stereocenters. The molecule has 0 saturated carbocycles. The number of fused-ring (bicyclic) bond motifs is 9. The molecule has 60 heavy (non-hydrogen) atoms. The highest BCUT2D eigenvalue weighted by molar-refractivity contribution is 6.10. The van der Waals surface area contributed by atoms with Gasteiger partial charge >= 0.3 is 0 Å². The lowest BCUT2D eigenvalue weighted by atomic mass is 9.82. The molecule has 0 fully saturated rings. The summed E-state index contributed by atoms with van der Waals surface area (Å²) in [6.45, 7) is 4.69. The maximum absolute atomic E-state index is 6.27. The number of rotatable bonds is 6. The van der Waals surface area contributed by atoms with Crippen LogP contribution in [-0.2, 0) is 5.41 Å². The first-order chi connectivity index (χ1) is 29.5. The number of nitrogens with zero attached hydrogens (tertiary/aromatic N) is 2. The molecule has 0 unspecified atom stereocenters. The number of hydrogen-bond donors (Lipinski definition) is 0. The van der Waals surface area contributed by atoms with Gasteiger partial charge in [0.2, 0.25) is 0 Å². The Kier molecular flexibility index (Phi) is 7.58. The molecule has 3 nitrogen and oxygen atoms in total. The third-order valence-electron chi connectivity index (χ3n) is 12.8. The predicted octanol–water partition coefficient (Wildman–Crippen LogP) is 15.8. The maximum Gasteiger partial charge on any atom is 0.135 e. The van der Waals surface area contributed by atoms with Crippen LogP contribution in [0.5, 0.6) is 0 Å². The van der Waals surface area contributed by atoms with Crippen LogP contribution in [0.3, 0.4) is 0 Å². The van der Waals surface area contributed by atoms with Gasteiger partial charge in [-0.25, -0.2) is 0 Å². The highest BCUT2D eigenvalue weighted by atomic mass is 16.3. The van der Waals surface area contributed by atoms with Crippen LogP contribution in [0.15, 0.2) is 211 Å². The van der Waals surface area contributed by atoms with Crippen LogP contribution in [0.1, 0.15) is 25.0 Å². The van der Waals surface area contributed by atoms with Crippen molar-refractivity contribution in [1.29, 1.82) is 0 Å². The normalized spacial score (nSPS) is 13.0. The molecule has 12 rings (SSSR count). The minimum atomic E-state index is -0.118. The van der Waals surface area contributed by atoms with Crippen molar-refractivity contribution < 1.29 is 4.42 Å². The molecule has 0 spiro atoms. The predicted molar refractivity (Wildman–Crippen MR) is 251 cm³/mol. The van der Waals surface area contributed by atoms with Gasteiger partial charge in [0.15, 0.2) is 0 Å². The van der Waals surface area contributed by atoms with Gasteiger partial charge in [-0.3, -0.25) is 0 Å². The number of hydrogen-bond acceptors (Lipinski definition) is 2. The van der Waals surface area contributed by atoms with Crippen molar-refractivity contribution in [2.45, 2.75) is 19.3 Å². The van der Waals surface area contributed by atoms with Gasteiger partial charge in [0, 0.05) is 49.6 Å². The van der Waals surface area contributed by atoms with Crippen molar-refractivity contribution in [3.63, 3.8) is 0 Å². The van der Waals surface area contributed by atoms with E-state index in [2.05, 4.69) is 217 Å². The van der Waals surface area contributed by atoms with Crippen LogP contribution in [0, 0.1) is 0 Å². The van der Waals surface area contributed by atoms with Crippen LogP contribution in [0.25, 0.3) is 82.8 Å². The fourth-order valence-electron chi connectivity index (χ4n) is 9.90. The standard InChI is InChI=1S/C57H40N2O/c1-57(2)50-21-8-3-17-44(50)45-32-30-42(36-51(45)57)58(41-31-33-56-49(35-41)48-20-7-12-25-55(48)60-56)40-28-26-37(27-29-40)38-14-13-15-39(34-38)43-16-4-9-22-52(43)59-53-23-10-5-18-46(53)47-19-6-11-24-54(47)59/h3-36H,1-2H3. The van der Waals surface area contributed by atoms with E-state index in [4.69, 9.17) is 4.42 Å². The molecule has 2 heterocycles. The first-order valence-electron chi connectivity index (χ1n) is 20.8. The van der Waals surface area contributed by atoms with Crippen molar-refractivity contribution >= 4 is 60.8 Å². The SMILES string of the molecule is CC1(C)c2ccccc2-c2ccc(N(c3ccc(-c4cccc(-c5ccccc5-n5c6ccccc6c6ccccc65)c4)cc3)c3ccc4oc5ccccc5c4c3)cc21. The van der Waals surface area contributed by atoms with Gasteiger partial charge in [0.25, 0.3) is 0 Å². The van der Waals surface area contributed by atoms with Crippen molar-refractivity contribution in [1.82, 2.24) is 4.57 Å². The fraction of sp³-hybridized carbons (Fsp3) is 0.0526. The number of para-hydroxylation sites is 4. The highest BCUT2D eigenvalue weighted by Crippen LogP contribution is 2.51. The number of aromatic nitrogens is 1. The van der Waals surface area contributed by atoms with Gasteiger partial charge in [-0.05, 0) is 112 Å². The topological polar surface area (TPSA) is 21.3 Å². The molecule has 1 aliphatic rings. The van der Waals surface area contributed by atoms with Crippen molar-refractivity contribution in [2.75, 3.05) is 4.90 Å². The van der Waals surface area contributed by atoms with Gasteiger partial charge in [-0.2, -0.15) is 0 Å². The summed E-state index contributed by atoms with van der Waals surface area (Å²) in [6, 6.07) is 74.9. The summed E-state index contributed by atoms with van der Waals surface area (Å²) in [7, 11) is 0. The summed E-state index contributed by atoms with van der Waals surface area (Å²) in [5.74, 6) is 0. The largest absolute Gasteiger partial charge is 0.456 e. The van der Waals surface area contributed by atoms with Gasteiger partial charge in [0.1, 0.15) is 11.2 Å². The van der Waals surface area contributed by atoms with E-state index >= 15 is 0 Å². The Morgan fingerprint density at radius 3 is 1.77 bits per heavy atom. The highest BCUT2D eigenvalue weighted by Gasteiger charge is 2.35. The van der Waals surface area contributed by atoms with E-state index in [0.29, 0.717) is 0 Å². The lowest BCUT2D eigenvalue weighted by molar-refractivity contribution is 0.660. The zero-order chi connectivity index (χ0) is 40.0.